The number of nitrogens with one attached hydrogen (secondary N) is 2. The van der Waals surface area contributed by atoms with Crippen LogP contribution in [0.15, 0.2) is 34.0 Å². The summed E-state index contributed by atoms with van der Waals surface area (Å²) in [5, 5.41) is 3.41. The lowest BCUT2D eigenvalue weighted by molar-refractivity contribution is 0.354. The lowest BCUT2D eigenvalue weighted by Gasteiger charge is -2.10. The quantitative estimate of drug-likeness (QED) is 0.566. The van der Waals surface area contributed by atoms with E-state index in [1.165, 1.54) is 10.8 Å². The number of hydrogen-bond acceptors (Lipinski definition) is 7. The summed E-state index contributed by atoms with van der Waals surface area (Å²) in [7, 11) is 3.19. The molecule has 0 aliphatic heterocycles. The fraction of sp³-hybridized carbons (Fsp3) is 0.400. The molecule has 0 atom stereocenters. The van der Waals surface area contributed by atoms with Crippen LogP contribution in [-0.4, -0.2) is 40.3 Å². The van der Waals surface area contributed by atoms with Crippen LogP contribution in [0.3, 0.4) is 0 Å². The van der Waals surface area contributed by atoms with Crippen LogP contribution < -0.4 is 26.0 Å². The Kier molecular flexibility index (Phi) is 6.48. The molecule has 0 amide bonds. The third-order valence-corrected chi connectivity index (χ3v) is 4.61. The lowest BCUT2D eigenvalue weighted by atomic mass is 10.1. The van der Waals surface area contributed by atoms with Crippen LogP contribution in [-0.2, 0) is 13.0 Å². The van der Waals surface area contributed by atoms with Crippen molar-refractivity contribution in [1.82, 2.24) is 19.5 Å². The van der Waals surface area contributed by atoms with Crippen molar-refractivity contribution >= 4 is 17.0 Å². The number of rotatable bonds is 9. The average molecular weight is 399 g/mol. The third-order valence-electron chi connectivity index (χ3n) is 4.61. The molecule has 1 aromatic carbocycles. The van der Waals surface area contributed by atoms with Gasteiger partial charge in [0, 0.05) is 19.3 Å². The van der Waals surface area contributed by atoms with Gasteiger partial charge < -0.3 is 14.8 Å². The summed E-state index contributed by atoms with van der Waals surface area (Å²) in [6, 6.07) is 5.73. The molecule has 0 fully saturated rings. The van der Waals surface area contributed by atoms with Gasteiger partial charge in [-0.3, -0.25) is 14.3 Å². The van der Waals surface area contributed by atoms with Crippen molar-refractivity contribution in [2.75, 3.05) is 26.1 Å². The molecule has 3 aromatic rings. The minimum absolute atomic E-state index is 0.233. The Hall–Kier alpha value is -3.36. The van der Waals surface area contributed by atoms with E-state index in [1.807, 2.05) is 25.1 Å². The number of hydrogen-bond donors (Lipinski definition) is 2. The fourth-order valence-corrected chi connectivity index (χ4v) is 3.00. The summed E-state index contributed by atoms with van der Waals surface area (Å²) in [6.07, 6.45) is 3.80. The van der Waals surface area contributed by atoms with Crippen LogP contribution in [0.1, 0.15) is 25.3 Å². The summed E-state index contributed by atoms with van der Waals surface area (Å²) in [5.41, 5.74) is 0.472. The minimum atomic E-state index is -0.453. The molecule has 29 heavy (non-hydrogen) atoms. The van der Waals surface area contributed by atoms with Crippen LogP contribution >= 0.6 is 0 Å². The van der Waals surface area contributed by atoms with Gasteiger partial charge in [-0.2, -0.15) is 4.98 Å². The van der Waals surface area contributed by atoms with Crippen molar-refractivity contribution < 1.29 is 9.47 Å². The molecule has 0 saturated heterocycles. The van der Waals surface area contributed by atoms with Crippen LogP contribution in [0.25, 0.3) is 11.0 Å². The first kappa shape index (κ1) is 20.4. The highest BCUT2D eigenvalue weighted by molar-refractivity contribution is 5.73. The van der Waals surface area contributed by atoms with E-state index in [2.05, 4.69) is 20.3 Å². The SMILES string of the molecule is CCCCn1c(=O)[nH]c2nc(NCCc3ccc(OC)c(OC)c3)ncc2c1=O. The zero-order valence-corrected chi connectivity index (χ0v) is 16.8. The summed E-state index contributed by atoms with van der Waals surface area (Å²) < 4.78 is 11.7. The Morgan fingerprint density at radius 3 is 2.69 bits per heavy atom. The second kappa shape index (κ2) is 9.22. The topological polar surface area (TPSA) is 111 Å². The predicted molar refractivity (Wildman–Crippen MR) is 111 cm³/mol. The number of nitrogens with zero attached hydrogens (tertiary/aromatic N) is 3. The van der Waals surface area contributed by atoms with E-state index < -0.39 is 5.69 Å². The van der Waals surface area contributed by atoms with Gasteiger partial charge in [-0.15, -0.1) is 0 Å². The second-order valence-corrected chi connectivity index (χ2v) is 6.56. The summed E-state index contributed by atoms with van der Waals surface area (Å²) in [4.78, 5) is 35.8. The molecule has 2 N–H and O–H groups in total. The number of unbranched alkanes of at least 4 members (excludes halogenated alkanes) is 1. The maximum absolute atomic E-state index is 12.5. The summed E-state index contributed by atoms with van der Waals surface area (Å²) in [5.74, 6) is 1.69. The van der Waals surface area contributed by atoms with Crippen molar-refractivity contribution in [3.8, 4) is 11.5 Å². The molecule has 0 radical (unpaired) electrons. The molecule has 9 nitrogen and oxygen atoms in total. The van der Waals surface area contributed by atoms with E-state index in [1.54, 1.807) is 14.2 Å². The standard InChI is InChI=1S/C20H25N5O4/c1-4-5-10-25-18(26)14-12-22-19(23-17(14)24-20(25)27)21-9-8-13-6-7-15(28-2)16(11-13)29-3/h6-7,11-12H,4-5,8-10H2,1-3H3,(H2,21,22,23,24,27). The molecule has 0 bridgehead atoms. The van der Waals surface area contributed by atoms with Crippen molar-refractivity contribution in [3.63, 3.8) is 0 Å². The van der Waals surface area contributed by atoms with Gasteiger partial charge in [0.15, 0.2) is 17.1 Å². The molecular weight excluding hydrogens is 374 g/mol. The highest BCUT2D eigenvalue weighted by Crippen LogP contribution is 2.27. The smallest absolute Gasteiger partial charge is 0.329 e. The molecule has 2 aromatic heterocycles. The number of ether oxygens (including phenoxy) is 2. The number of anilines is 1. The first-order valence-electron chi connectivity index (χ1n) is 9.52. The Bertz CT molecular complexity index is 1110. The van der Waals surface area contributed by atoms with Gasteiger partial charge >= 0.3 is 5.69 Å². The molecule has 9 heteroatoms. The van der Waals surface area contributed by atoms with Crippen LogP contribution in [0.5, 0.6) is 11.5 Å². The Balaban J connectivity index is 1.73. The fourth-order valence-electron chi connectivity index (χ4n) is 3.00. The van der Waals surface area contributed by atoms with E-state index >= 15 is 0 Å². The number of benzene rings is 1. The van der Waals surface area contributed by atoms with Crippen molar-refractivity contribution in [1.29, 1.82) is 0 Å². The van der Waals surface area contributed by atoms with Gasteiger partial charge in [0.25, 0.3) is 5.56 Å². The van der Waals surface area contributed by atoms with E-state index in [0.29, 0.717) is 42.3 Å². The second-order valence-electron chi connectivity index (χ2n) is 6.56. The first-order chi connectivity index (χ1) is 14.1. The van der Waals surface area contributed by atoms with Crippen LogP contribution in [0, 0.1) is 0 Å². The molecule has 0 aliphatic rings. The number of aromatic nitrogens is 4. The Morgan fingerprint density at radius 1 is 1.17 bits per heavy atom. The number of H-pyrrole nitrogens is 1. The van der Waals surface area contributed by atoms with Gasteiger partial charge in [0.2, 0.25) is 5.95 Å². The van der Waals surface area contributed by atoms with E-state index in [0.717, 1.165) is 18.4 Å². The average Bonchev–Trinajstić information content (AvgIpc) is 2.73. The summed E-state index contributed by atoms with van der Waals surface area (Å²) in [6.45, 7) is 2.95. The van der Waals surface area contributed by atoms with Crippen molar-refractivity contribution in [2.24, 2.45) is 0 Å². The Morgan fingerprint density at radius 2 is 1.97 bits per heavy atom. The van der Waals surface area contributed by atoms with Gasteiger partial charge in [-0.25, -0.2) is 9.78 Å². The van der Waals surface area contributed by atoms with Crippen LogP contribution in [0.4, 0.5) is 5.95 Å². The van der Waals surface area contributed by atoms with E-state index in [9.17, 15) is 9.59 Å². The van der Waals surface area contributed by atoms with E-state index in [-0.39, 0.29) is 11.2 Å². The molecule has 2 heterocycles. The number of aromatic amines is 1. The number of methoxy groups -OCH3 is 2. The highest BCUT2D eigenvalue weighted by atomic mass is 16.5. The zero-order chi connectivity index (χ0) is 20.8. The maximum Gasteiger partial charge on any atom is 0.329 e. The third kappa shape index (κ3) is 4.56. The number of fused-ring (bicyclic) bond motifs is 1. The van der Waals surface area contributed by atoms with Gasteiger partial charge in [-0.1, -0.05) is 19.4 Å². The minimum Gasteiger partial charge on any atom is -0.493 e. The predicted octanol–water partition coefficient (Wildman–Crippen LogP) is 1.95. The molecule has 0 unspecified atom stereocenters. The molecule has 0 aliphatic carbocycles. The van der Waals surface area contributed by atoms with Crippen LogP contribution in [0.2, 0.25) is 0 Å². The van der Waals surface area contributed by atoms with Gasteiger partial charge in [0.1, 0.15) is 5.39 Å². The van der Waals surface area contributed by atoms with E-state index in [4.69, 9.17) is 9.47 Å². The van der Waals surface area contributed by atoms with Gasteiger partial charge in [-0.05, 0) is 30.5 Å². The van der Waals surface area contributed by atoms with Crippen molar-refractivity contribution in [2.45, 2.75) is 32.7 Å². The van der Waals surface area contributed by atoms with Crippen molar-refractivity contribution in [3.05, 3.63) is 50.8 Å². The normalized spacial score (nSPS) is 10.9. The largest absolute Gasteiger partial charge is 0.493 e. The molecule has 3 rings (SSSR count). The molecule has 0 spiro atoms. The Labute approximate surface area is 167 Å². The molecule has 0 saturated carbocycles. The first-order valence-corrected chi connectivity index (χ1v) is 9.52. The zero-order valence-electron chi connectivity index (χ0n) is 16.8. The highest BCUT2D eigenvalue weighted by Gasteiger charge is 2.10. The molecular formula is C20H25N5O4. The van der Waals surface area contributed by atoms with Gasteiger partial charge in [0.05, 0.1) is 14.2 Å². The monoisotopic (exact) mass is 399 g/mol. The molecule has 154 valence electrons. The lowest BCUT2D eigenvalue weighted by Crippen LogP contribution is -2.35. The maximum atomic E-state index is 12.5. The summed E-state index contributed by atoms with van der Waals surface area (Å²) >= 11 is 0.